The number of nitrogens with zero attached hydrogens (tertiary/aromatic N) is 3. The van der Waals surface area contributed by atoms with Crippen LogP contribution >= 0.6 is 11.9 Å². The molecule has 0 amide bonds. The summed E-state index contributed by atoms with van der Waals surface area (Å²) >= 11 is 1.74. The molecule has 2 saturated carbocycles. The third-order valence-electron chi connectivity index (χ3n) is 5.80. The zero-order chi connectivity index (χ0) is 20.1. The molecular weight excluding hydrogens is 380 g/mol. The molecule has 154 valence electrons. The second-order valence-electron chi connectivity index (χ2n) is 8.09. The summed E-state index contributed by atoms with van der Waals surface area (Å²) in [5.41, 5.74) is 1.38. The minimum absolute atomic E-state index is 0.539. The lowest BCUT2D eigenvalue weighted by Crippen LogP contribution is -2.30. The van der Waals surface area contributed by atoms with Crippen molar-refractivity contribution < 1.29 is 9.26 Å². The van der Waals surface area contributed by atoms with Crippen LogP contribution in [0, 0.1) is 0 Å². The van der Waals surface area contributed by atoms with Crippen molar-refractivity contribution in [2.24, 2.45) is 7.05 Å². The Labute approximate surface area is 177 Å². The second-order valence-corrected chi connectivity index (χ2v) is 9.00. The molecule has 29 heavy (non-hydrogen) atoms. The van der Waals surface area contributed by atoms with Crippen molar-refractivity contribution in [1.82, 2.24) is 14.7 Å². The van der Waals surface area contributed by atoms with Gasteiger partial charge in [-0.3, -0.25) is 14.2 Å². The van der Waals surface area contributed by atoms with E-state index in [1.165, 1.54) is 49.0 Å². The zero-order valence-corrected chi connectivity index (χ0v) is 18.2. The van der Waals surface area contributed by atoms with Crippen LogP contribution in [0.5, 0.6) is 0 Å². The van der Waals surface area contributed by atoms with Crippen LogP contribution in [0.1, 0.15) is 74.6 Å². The van der Waals surface area contributed by atoms with Gasteiger partial charge < -0.3 is 0 Å². The second kappa shape index (κ2) is 9.72. The fourth-order valence-corrected chi connectivity index (χ4v) is 4.72. The summed E-state index contributed by atoms with van der Waals surface area (Å²) in [7, 11) is 1.94. The molecule has 0 aromatic carbocycles. The average molecular weight is 412 g/mol. The number of nitrogens with one attached hydrogen (secondary N) is 1. The van der Waals surface area contributed by atoms with Crippen LogP contribution in [0.3, 0.4) is 0 Å². The topological polar surface area (TPSA) is 54.8 Å². The fourth-order valence-electron chi connectivity index (χ4n) is 3.92. The van der Waals surface area contributed by atoms with Crippen molar-refractivity contribution in [3.63, 3.8) is 0 Å². The highest BCUT2D eigenvalue weighted by atomic mass is 32.2. The lowest BCUT2D eigenvalue weighted by atomic mass is 9.82. The van der Waals surface area contributed by atoms with E-state index < -0.39 is 0 Å². The fraction of sp³-hybridized carbons (Fsp3) is 0.522. The normalized spacial score (nSPS) is 23.0. The van der Waals surface area contributed by atoms with Crippen LogP contribution in [0.2, 0.25) is 0 Å². The Morgan fingerprint density at radius 2 is 2.21 bits per heavy atom. The molecule has 0 radical (unpaired) electrons. The molecule has 0 bridgehead atoms. The van der Waals surface area contributed by atoms with Gasteiger partial charge in [0.15, 0.2) is 0 Å². The van der Waals surface area contributed by atoms with Crippen LogP contribution in [-0.2, 0) is 13.5 Å². The molecule has 2 atom stereocenters. The third kappa shape index (κ3) is 5.58. The number of allylic oxidation sites excluding steroid dienone is 3. The zero-order valence-electron chi connectivity index (χ0n) is 17.4. The van der Waals surface area contributed by atoms with Crippen molar-refractivity contribution in [1.29, 1.82) is 0 Å². The van der Waals surface area contributed by atoms with Crippen LogP contribution in [-0.4, -0.2) is 16.0 Å². The molecule has 0 spiro atoms. The van der Waals surface area contributed by atoms with Crippen molar-refractivity contribution in [2.45, 2.75) is 69.7 Å². The first-order valence-electron chi connectivity index (χ1n) is 10.7. The van der Waals surface area contributed by atoms with E-state index in [4.69, 9.17) is 4.52 Å². The Kier molecular flexibility index (Phi) is 6.82. The SMILES string of the molecule is CC=C(C=CCc1nc(C2CC2)o[n+]1C)SNC1CCCC(c2cccnc2)C1. The standard InChI is InChI=1S/C23H31N4OS/c1-3-21(10-5-11-22-25-23(17-12-13-17)28-27(22)2)29-26-20-9-4-7-18(15-20)19-8-6-14-24-16-19/h3,5-6,8,10,14,16-18,20,26H,4,7,9,11-13,15H2,1-2H3/q+1. The predicted octanol–water partition coefficient (Wildman–Crippen LogP) is 4.74. The van der Waals surface area contributed by atoms with Crippen molar-refractivity contribution >= 4 is 11.9 Å². The number of hydrogen-bond donors (Lipinski definition) is 1. The molecule has 5 nitrogen and oxygen atoms in total. The molecule has 2 aliphatic rings. The smallest absolute Gasteiger partial charge is 0.264 e. The van der Waals surface area contributed by atoms with Gasteiger partial charge in [0, 0.05) is 23.3 Å². The van der Waals surface area contributed by atoms with Crippen LogP contribution in [0.15, 0.2) is 52.2 Å². The van der Waals surface area contributed by atoms with Crippen LogP contribution < -0.4 is 9.46 Å². The Bertz CT molecular complexity index is 857. The van der Waals surface area contributed by atoms with Gasteiger partial charge in [-0.05, 0) is 73.5 Å². The largest absolute Gasteiger partial charge is 0.356 e. The van der Waals surface area contributed by atoms with E-state index in [9.17, 15) is 0 Å². The maximum Gasteiger partial charge on any atom is 0.356 e. The van der Waals surface area contributed by atoms with E-state index in [1.54, 1.807) is 16.7 Å². The number of hydrogen-bond acceptors (Lipinski definition) is 5. The maximum atomic E-state index is 5.73. The van der Waals surface area contributed by atoms with Crippen molar-refractivity contribution in [2.75, 3.05) is 0 Å². The van der Waals surface area contributed by atoms with Gasteiger partial charge in [0.1, 0.15) is 7.05 Å². The first-order chi connectivity index (χ1) is 14.2. The Morgan fingerprint density at radius 3 is 2.97 bits per heavy atom. The highest BCUT2D eigenvalue weighted by molar-refractivity contribution is 8.01. The summed E-state index contributed by atoms with van der Waals surface area (Å²) in [6, 6.07) is 4.80. The van der Waals surface area contributed by atoms with E-state index in [-0.39, 0.29) is 0 Å². The van der Waals surface area contributed by atoms with Gasteiger partial charge in [0.2, 0.25) is 0 Å². The molecular formula is C23H31N4OS+. The third-order valence-corrected chi connectivity index (χ3v) is 6.86. The maximum absolute atomic E-state index is 5.73. The summed E-state index contributed by atoms with van der Waals surface area (Å²) in [6.07, 6.45) is 18.6. The summed E-state index contributed by atoms with van der Waals surface area (Å²) < 4.78 is 11.2. The van der Waals surface area contributed by atoms with Gasteiger partial charge in [0.25, 0.3) is 0 Å². The lowest BCUT2D eigenvalue weighted by molar-refractivity contribution is -0.851. The summed E-state index contributed by atoms with van der Waals surface area (Å²) in [6.45, 7) is 2.09. The molecule has 2 aromatic heterocycles. The highest BCUT2D eigenvalue weighted by Crippen LogP contribution is 2.38. The molecule has 2 unspecified atom stereocenters. The van der Waals surface area contributed by atoms with Gasteiger partial charge in [-0.2, -0.15) is 0 Å². The number of aromatic nitrogens is 3. The molecule has 0 saturated heterocycles. The number of pyridine rings is 1. The quantitative estimate of drug-likeness (QED) is 0.386. The average Bonchev–Trinajstić information content (AvgIpc) is 3.55. The summed E-state index contributed by atoms with van der Waals surface area (Å²) in [5, 5.41) is 0. The number of aryl methyl sites for hydroxylation is 1. The van der Waals surface area contributed by atoms with E-state index in [0.717, 1.165) is 18.1 Å². The molecule has 2 heterocycles. The van der Waals surface area contributed by atoms with E-state index in [0.29, 0.717) is 17.9 Å². The number of rotatable bonds is 8. The van der Waals surface area contributed by atoms with Gasteiger partial charge >= 0.3 is 11.7 Å². The molecule has 1 N–H and O–H groups in total. The van der Waals surface area contributed by atoms with Crippen LogP contribution in [0.4, 0.5) is 0 Å². The molecule has 2 aromatic rings. The van der Waals surface area contributed by atoms with Crippen molar-refractivity contribution in [3.05, 3.63) is 64.9 Å². The minimum Gasteiger partial charge on any atom is -0.264 e. The van der Waals surface area contributed by atoms with Gasteiger partial charge in [0.05, 0.1) is 12.3 Å². The molecule has 6 heteroatoms. The Morgan fingerprint density at radius 1 is 1.31 bits per heavy atom. The Hall–Kier alpha value is -1.92. The van der Waals surface area contributed by atoms with Crippen molar-refractivity contribution in [3.8, 4) is 0 Å². The first-order valence-corrected chi connectivity index (χ1v) is 11.6. The highest BCUT2D eigenvalue weighted by Gasteiger charge is 2.35. The summed E-state index contributed by atoms with van der Waals surface area (Å²) in [4.78, 5) is 10.2. The molecule has 2 fully saturated rings. The Balaban J connectivity index is 1.26. The van der Waals surface area contributed by atoms with Crippen LogP contribution in [0.25, 0.3) is 0 Å². The predicted molar refractivity (Wildman–Crippen MR) is 116 cm³/mol. The first kappa shape index (κ1) is 20.4. The molecule has 4 rings (SSSR count). The van der Waals surface area contributed by atoms with Gasteiger partial charge in [-0.25, -0.2) is 0 Å². The van der Waals surface area contributed by atoms with Gasteiger partial charge in [-0.1, -0.05) is 35.5 Å². The monoisotopic (exact) mass is 411 g/mol. The van der Waals surface area contributed by atoms with E-state index in [2.05, 4.69) is 45.9 Å². The minimum atomic E-state index is 0.539. The van der Waals surface area contributed by atoms with E-state index in [1.807, 2.05) is 25.5 Å². The van der Waals surface area contributed by atoms with Gasteiger partial charge in [-0.15, -0.1) is 0 Å². The summed E-state index contributed by atoms with van der Waals surface area (Å²) in [5.74, 6) is 3.06. The molecule has 2 aliphatic carbocycles. The van der Waals surface area contributed by atoms with E-state index >= 15 is 0 Å². The molecule has 0 aliphatic heterocycles. The lowest BCUT2D eigenvalue weighted by Gasteiger charge is -2.29.